The van der Waals surface area contributed by atoms with Crippen molar-refractivity contribution in [1.29, 1.82) is 0 Å². The van der Waals surface area contributed by atoms with E-state index in [1.54, 1.807) is 38.8 Å². The Bertz CT molecular complexity index is 1750. The first-order valence-electron chi connectivity index (χ1n) is 13.1. The molecule has 1 aliphatic rings. The van der Waals surface area contributed by atoms with Gasteiger partial charge in [-0.15, -0.1) is 0 Å². The highest BCUT2D eigenvalue weighted by Gasteiger charge is 2.38. The molecule has 0 radical (unpaired) electrons. The number of imidazole rings is 1. The molecule has 3 aromatic heterocycles. The first-order valence-corrected chi connectivity index (χ1v) is 13.1. The third kappa shape index (κ3) is 7.17. The van der Waals surface area contributed by atoms with Gasteiger partial charge in [-0.3, -0.25) is 0 Å². The van der Waals surface area contributed by atoms with E-state index in [1.165, 1.54) is 0 Å². The summed E-state index contributed by atoms with van der Waals surface area (Å²) in [6.45, 7) is 7.95. The third-order valence-corrected chi connectivity index (χ3v) is 6.52. The number of nitrogens with two attached hydrogens (primary N) is 1. The molecular weight excluding hydrogens is 586 g/mol. The van der Waals surface area contributed by atoms with Crippen molar-refractivity contribution in [3.8, 4) is 29.2 Å². The Balaban J connectivity index is 0.000000566. The van der Waals surface area contributed by atoms with Crippen LogP contribution in [0.15, 0.2) is 36.9 Å². The quantitative estimate of drug-likeness (QED) is 0.244. The van der Waals surface area contributed by atoms with Gasteiger partial charge in [0, 0.05) is 35.2 Å². The van der Waals surface area contributed by atoms with E-state index in [-0.39, 0.29) is 12.4 Å². The average molecular weight is 616 g/mol. The zero-order valence-corrected chi connectivity index (χ0v) is 24.4. The van der Waals surface area contributed by atoms with Crippen molar-refractivity contribution in [2.75, 3.05) is 13.7 Å². The number of nitrogens with zero attached hydrogens (tertiary/aromatic N) is 4. The van der Waals surface area contributed by atoms with Crippen molar-refractivity contribution >= 4 is 17.1 Å². The standard InChI is InChI=1S/C28H28FN5O3.C2HF3O2/c1-16-20(13-34-15-33-21-10-18(11-32-27(21)34)8-9-28(3,4)30)17(2)25-26(24(16)29)37-22(14-36-25)19-6-7-23(35-5)31-12-19;3-2(4,5)1(6)7/h6-7,10-12,15,22H,13-14,30H2,1-5H3;(H,6,7). The third-order valence-electron chi connectivity index (χ3n) is 6.52. The lowest BCUT2D eigenvalue weighted by atomic mass is 9.99. The number of aliphatic carboxylic acids is 1. The van der Waals surface area contributed by atoms with E-state index < -0.39 is 29.6 Å². The Hall–Kier alpha value is -4.90. The van der Waals surface area contributed by atoms with Crippen LogP contribution in [0.3, 0.4) is 0 Å². The lowest BCUT2D eigenvalue weighted by molar-refractivity contribution is -0.192. The molecule has 0 saturated carbocycles. The van der Waals surface area contributed by atoms with E-state index in [2.05, 4.69) is 26.8 Å². The normalized spacial score (nSPS) is 14.3. The van der Waals surface area contributed by atoms with Crippen molar-refractivity contribution < 1.29 is 41.7 Å². The largest absolute Gasteiger partial charge is 0.490 e. The van der Waals surface area contributed by atoms with Crippen LogP contribution in [-0.2, 0) is 11.3 Å². The van der Waals surface area contributed by atoms with Crippen molar-refractivity contribution in [2.24, 2.45) is 5.73 Å². The smallest absolute Gasteiger partial charge is 0.485 e. The molecule has 232 valence electrons. The summed E-state index contributed by atoms with van der Waals surface area (Å²) in [7, 11) is 1.55. The number of alkyl halides is 3. The molecule has 1 aliphatic heterocycles. The Labute approximate surface area is 249 Å². The summed E-state index contributed by atoms with van der Waals surface area (Å²) in [5, 5.41) is 7.12. The lowest BCUT2D eigenvalue weighted by Crippen LogP contribution is -2.29. The molecule has 0 saturated heterocycles. The van der Waals surface area contributed by atoms with Crippen molar-refractivity contribution in [2.45, 2.75) is 52.1 Å². The molecule has 0 amide bonds. The highest BCUT2D eigenvalue weighted by molar-refractivity contribution is 5.73. The molecule has 1 unspecified atom stereocenters. The number of fused-ring (bicyclic) bond motifs is 2. The average Bonchev–Trinajstić information content (AvgIpc) is 3.38. The first-order chi connectivity index (χ1) is 20.6. The molecule has 0 aliphatic carbocycles. The summed E-state index contributed by atoms with van der Waals surface area (Å²) >= 11 is 0. The molecule has 0 fully saturated rings. The van der Waals surface area contributed by atoms with Crippen LogP contribution in [0.4, 0.5) is 17.6 Å². The van der Waals surface area contributed by atoms with E-state index in [0.29, 0.717) is 34.9 Å². The van der Waals surface area contributed by atoms with Crippen LogP contribution >= 0.6 is 0 Å². The van der Waals surface area contributed by atoms with Crippen LogP contribution in [0.1, 0.15) is 47.8 Å². The zero-order chi connectivity index (χ0) is 32.4. The number of aromatic nitrogens is 4. The maximum absolute atomic E-state index is 15.6. The molecular formula is C30H29F4N5O5. The summed E-state index contributed by atoms with van der Waals surface area (Å²) in [5.74, 6) is 3.86. The number of carbonyl (C=O) groups is 1. The van der Waals surface area contributed by atoms with Gasteiger partial charge < -0.3 is 29.6 Å². The minimum Gasteiger partial charge on any atom is -0.485 e. The van der Waals surface area contributed by atoms with Gasteiger partial charge in [0.2, 0.25) is 5.88 Å². The Morgan fingerprint density at radius 3 is 2.45 bits per heavy atom. The van der Waals surface area contributed by atoms with E-state index in [1.807, 2.05) is 37.5 Å². The number of carboxylic acid groups (broad SMARTS) is 1. The van der Waals surface area contributed by atoms with Crippen molar-refractivity contribution in [1.82, 2.24) is 19.5 Å². The van der Waals surface area contributed by atoms with Crippen LogP contribution in [0.5, 0.6) is 17.4 Å². The highest BCUT2D eigenvalue weighted by Crippen LogP contribution is 2.44. The first kappa shape index (κ1) is 32.0. The van der Waals surface area contributed by atoms with Gasteiger partial charge in [-0.25, -0.2) is 24.1 Å². The topological polar surface area (TPSA) is 135 Å². The number of rotatable bonds is 4. The summed E-state index contributed by atoms with van der Waals surface area (Å²) < 4.78 is 66.4. The minimum absolute atomic E-state index is 0.116. The van der Waals surface area contributed by atoms with Crippen molar-refractivity contribution in [3.63, 3.8) is 0 Å². The van der Waals surface area contributed by atoms with Gasteiger partial charge in [0.15, 0.2) is 29.1 Å². The number of ether oxygens (including phenoxy) is 3. The molecule has 10 nitrogen and oxygen atoms in total. The van der Waals surface area contributed by atoms with Gasteiger partial charge in [0.05, 0.1) is 25.5 Å². The number of halogens is 4. The van der Waals surface area contributed by atoms with Crippen LogP contribution < -0.4 is 19.9 Å². The van der Waals surface area contributed by atoms with Gasteiger partial charge in [-0.05, 0) is 51.0 Å². The number of hydrogen-bond donors (Lipinski definition) is 2. The summed E-state index contributed by atoms with van der Waals surface area (Å²) in [5.41, 5.74) is 10.3. The molecule has 4 heterocycles. The van der Waals surface area contributed by atoms with Gasteiger partial charge in [-0.1, -0.05) is 11.8 Å². The van der Waals surface area contributed by atoms with Gasteiger partial charge >= 0.3 is 12.1 Å². The fourth-order valence-corrected chi connectivity index (χ4v) is 4.25. The Kier molecular flexibility index (Phi) is 9.01. The predicted molar refractivity (Wildman–Crippen MR) is 151 cm³/mol. The maximum Gasteiger partial charge on any atom is 0.490 e. The van der Waals surface area contributed by atoms with Gasteiger partial charge in [0.1, 0.15) is 12.1 Å². The summed E-state index contributed by atoms with van der Waals surface area (Å²) in [6, 6.07) is 5.44. The summed E-state index contributed by atoms with van der Waals surface area (Å²) in [6.07, 6.45) is -0.525. The van der Waals surface area contributed by atoms with Crippen LogP contribution in [0, 0.1) is 31.5 Å². The number of hydrogen-bond acceptors (Lipinski definition) is 8. The Morgan fingerprint density at radius 2 is 1.86 bits per heavy atom. The van der Waals surface area contributed by atoms with Gasteiger partial charge in [0.25, 0.3) is 0 Å². The molecule has 1 atom stereocenters. The van der Waals surface area contributed by atoms with Crippen LogP contribution in [-0.4, -0.2) is 56.0 Å². The van der Waals surface area contributed by atoms with E-state index >= 15 is 4.39 Å². The summed E-state index contributed by atoms with van der Waals surface area (Å²) in [4.78, 5) is 22.1. The minimum atomic E-state index is -5.08. The zero-order valence-electron chi connectivity index (χ0n) is 24.4. The molecule has 1 aromatic carbocycles. The second kappa shape index (κ2) is 12.4. The maximum atomic E-state index is 15.6. The molecule has 0 spiro atoms. The fourth-order valence-electron chi connectivity index (χ4n) is 4.25. The number of carboxylic acids is 1. The SMILES string of the molecule is COc1ccc(C2COc3c(C)c(Cn4cnc5cc(C#CC(C)(C)N)cnc54)c(C)c(F)c3O2)cn1.O=C(O)C(F)(F)F. The molecule has 14 heteroatoms. The second-order valence-electron chi connectivity index (χ2n) is 10.5. The molecule has 3 N–H and O–H groups in total. The molecule has 4 aromatic rings. The van der Waals surface area contributed by atoms with Gasteiger partial charge in [-0.2, -0.15) is 13.2 Å². The van der Waals surface area contributed by atoms with E-state index in [4.69, 9.17) is 29.8 Å². The number of methoxy groups -OCH3 is 1. The molecule has 5 rings (SSSR count). The molecule has 44 heavy (non-hydrogen) atoms. The predicted octanol–water partition coefficient (Wildman–Crippen LogP) is 4.87. The number of benzene rings is 1. The number of pyridine rings is 2. The van der Waals surface area contributed by atoms with Crippen LogP contribution in [0.25, 0.3) is 11.2 Å². The van der Waals surface area contributed by atoms with E-state index in [0.717, 1.165) is 22.3 Å². The van der Waals surface area contributed by atoms with Crippen molar-refractivity contribution in [3.05, 3.63) is 70.6 Å². The monoisotopic (exact) mass is 615 g/mol. The highest BCUT2D eigenvalue weighted by atomic mass is 19.4. The van der Waals surface area contributed by atoms with E-state index in [9.17, 15) is 13.2 Å². The lowest BCUT2D eigenvalue weighted by Gasteiger charge is -2.30. The molecule has 0 bridgehead atoms. The van der Waals surface area contributed by atoms with Crippen LogP contribution in [0.2, 0.25) is 0 Å². The Morgan fingerprint density at radius 1 is 1.16 bits per heavy atom. The fraction of sp³-hybridized carbons (Fsp3) is 0.333. The second-order valence-corrected chi connectivity index (χ2v) is 10.5.